The highest BCUT2D eigenvalue weighted by Crippen LogP contribution is 2.37. The van der Waals surface area contributed by atoms with E-state index in [-0.39, 0.29) is 24.3 Å². The maximum absolute atomic E-state index is 12.9. The summed E-state index contributed by atoms with van der Waals surface area (Å²) >= 11 is 6.20. The van der Waals surface area contributed by atoms with Crippen molar-refractivity contribution < 1.29 is 14.4 Å². The second-order valence-electron chi connectivity index (χ2n) is 6.53. The van der Waals surface area contributed by atoms with E-state index in [2.05, 4.69) is 10.6 Å². The van der Waals surface area contributed by atoms with Crippen molar-refractivity contribution >= 4 is 29.8 Å². The topological polar surface area (TPSA) is 78.5 Å². The molecule has 3 amide bonds. The molecule has 0 bridgehead atoms. The third-order valence-electron chi connectivity index (χ3n) is 4.80. The Morgan fingerprint density at radius 2 is 2.12 bits per heavy atom. The number of carbonyl (C=O) groups excluding carboxylic acids is 3. The molecule has 0 aliphatic carbocycles. The van der Waals surface area contributed by atoms with Gasteiger partial charge in [-0.3, -0.25) is 14.4 Å². The molecule has 0 saturated heterocycles. The van der Waals surface area contributed by atoms with Crippen molar-refractivity contribution in [3.05, 3.63) is 33.8 Å². The van der Waals surface area contributed by atoms with Crippen molar-refractivity contribution in [1.82, 2.24) is 15.5 Å². The van der Waals surface area contributed by atoms with Crippen molar-refractivity contribution in [3.8, 4) is 0 Å². The minimum Gasteiger partial charge on any atom is -0.357 e. The van der Waals surface area contributed by atoms with Crippen LogP contribution in [0.15, 0.2) is 12.1 Å². The fourth-order valence-electron chi connectivity index (χ4n) is 3.27. The van der Waals surface area contributed by atoms with E-state index in [1.54, 1.807) is 11.8 Å². The summed E-state index contributed by atoms with van der Waals surface area (Å²) < 4.78 is 0. The number of benzene rings is 1. The molecule has 1 aliphatic heterocycles. The Labute approximate surface area is 152 Å². The maximum Gasteiger partial charge on any atom is 0.242 e. The van der Waals surface area contributed by atoms with Crippen molar-refractivity contribution in [2.24, 2.45) is 5.92 Å². The highest BCUT2D eigenvalue weighted by molar-refractivity contribution is 6.31. The average Bonchev–Trinajstić information content (AvgIpc) is 2.89. The number of fused-ring (bicyclic) bond motifs is 1. The van der Waals surface area contributed by atoms with Crippen LogP contribution in [0.5, 0.6) is 0 Å². The second-order valence-corrected chi connectivity index (χ2v) is 6.94. The Morgan fingerprint density at radius 1 is 1.44 bits per heavy atom. The molecule has 136 valence electrons. The summed E-state index contributed by atoms with van der Waals surface area (Å²) in [5.41, 5.74) is 3.15. The number of rotatable bonds is 6. The van der Waals surface area contributed by atoms with Crippen LogP contribution < -0.4 is 10.6 Å². The Balaban J connectivity index is 2.12. The van der Waals surface area contributed by atoms with Crippen LogP contribution >= 0.6 is 11.6 Å². The minimum atomic E-state index is -0.724. The van der Waals surface area contributed by atoms with Crippen LogP contribution in [0.4, 0.5) is 0 Å². The van der Waals surface area contributed by atoms with Gasteiger partial charge in [-0.1, -0.05) is 24.6 Å². The predicted molar refractivity (Wildman–Crippen MR) is 96.0 cm³/mol. The molecular formula is C18H24ClN3O3. The number of hydrogen-bond donors (Lipinski definition) is 2. The first-order valence-corrected chi connectivity index (χ1v) is 8.68. The number of carbonyl (C=O) groups is 3. The van der Waals surface area contributed by atoms with E-state index in [9.17, 15) is 14.4 Å². The van der Waals surface area contributed by atoms with Gasteiger partial charge in [0.1, 0.15) is 6.04 Å². The average molecular weight is 366 g/mol. The van der Waals surface area contributed by atoms with Crippen LogP contribution in [-0.4, -0.2) is 36.2 Å². The fourth-order valence-corrected chi connectivity index (χ4v) is 3.46. The van der Waals surface area contributed by atoms with Gasteiger partial charge in [-0.15, -0.1) is 0 Å². The van der Waals surface area contributed by atoms with Crippen LogP contribution in [0.3, 0.4) is 0 Å². The van der Waals surface area contributed by atoms with Gasteiger partial charge >= 0.3 is 0 Å². The summed E-state index contributed by atoms with van der Waals surface area (Å²) in [7, 11) is 1.50. The summed E-state index contributed by atoms with van der Waals surface area (Å²) in [5, 5.41) is 5.67. The first-order chi connectivity index (χ1) is 11.8. The lowest BCUT2D eigenvalue weighted by Crippen LogP contribution is -2.45. The van der Waals surface area contributed by atoms with E-state index in [4.69, 9.17) is 11.6 Å². The largest absolute Gasteiger partial charge is 0.357 e. The van der Waals surface area contributed by atoms with Gasteiger partial charge in [0.15, 0.2) is 0 Å². The van der Waals surface area contributed by atoms with Gasteiger partial charge in [-0.05, 0) is 43.0 Å². The maximum atomic E-state index is 12.9. The molecule has 3 atom stereocenters. The van der Waals surface area contributed by atoms with Gasteiger partial charge in [0.25, 0.3) is 0 Å². The molecule has 3 unspecified atom stereocenters. The van der Waals surface area contributed by atoms with Crippen LogP contribution in [0.25, 0.3) is 0 Å². The molecule has 0 aromatic heterocycles. The molecule has 2 N–H and O–H groups in total. The van der Waals surface area contributed by atoms with Crippen LogP contribution in [-0.2, 0) is 20.9 Å². The zero-order valence-corrected chi connectivity index (χ0v) is 15.7. The minimum absolute atomic E-state index is 0.0425. The third kappa shape index (κ3) is 3.95. The molecule has 0 radical (unpaired) electrons. The van der Waals surface area contributed by atoms with Crippen LogP contribution in [0.2, 0.25) is 5.02 Å². The number of hydrogen-bond acceptors (Lipinski definition) is 3. The lowest BCUT2D eigenvalue weighted by atomic mass is 9.99. The van der Waals surface area contributed by atoms with Gasteiger partial charge < -0.3 is 15.5 Å². The molecule has 6 nitrogen and oxygen atoms in total. The second kappa shape index (κ2) is 7.87. The zero-order valence-electron chi connectivity index (χ0n) is 14.9. The summed E-state index contributed by atoms with van der Waals surface area (Å²) in [6.07, 6.45) is 0.729. The third-order valence-corrected chi connectivity index (χ3v) is 5.21. The van der Waals surface area contributed by atoms with E-state index in [1.165, 1.54) is 7.05 Å². The van der Waals surface area contributed by atoms with Crippen LogP contribution in [0, 0.1) is 12.8 Å². The quantitative estimate of drug-likeness (QED) is 0.756. The van der Waals surface area contributed by atoms with E-state index in [1.807, 2.05) is 26.0 Å². The highest BCUT2D eigenvalue weighted by Gasteiger charge is 2.34. The molecular weight excluding hydrogens is 342 g/mol. The van der Waals surface area contributed by atoms with Crippen molar-refractivity contribution in [3.63, 3.8) is 0 Å². The molecule has 1 aromatic carbocycles. The highest BCUT2D eigenvalue weighted by atomic mass is 35.5. The Hall–Kier alpha value is -2.08. The Kier molecular flexibility index (Phi) is 6.06. The van der Waals surface area contributed by atoms with E-state index in [0.717, 1.165) is 16.7 Å². The van der Waals surface area contributed by atoms with Gasteiger partial charge in [0.05, 0.1) is 6.04 Å². The van der Waals surface area contributed by atoms with Gasteiger partial charge in [-0.25, -0.2) is 0 Å². The number of halogens is 1. The molecule has 7 heteroatoms. The van der Waals surface area contributed by atoms with E-state index < -0.39 is 12.0 Å². The van der Waals surface area contributed by atoms with Crippen molar-refractivity contribution in [2.45, 2.75) is 45.8 Å². The molecule has 1 heterocycles. The van der Waals surface area contributed by atoms with Gasteiger partial charge in [-0.2, -0.15) is 0 Å². The molecule has 1 aliphatic rings. The summed E-state index contributed by atoms with van der Waals surface area (Å²) in [4.78, 5) is 37.2. The van der Waals surface area contributed by atoms with Crippen LogP contribution in [0.1, 0.15) is 43.0 Å². The van der Waals surface area contributed by atoms with E-state index in [0.29, 0.717) is 18.0 Å². The lowest BCUT2D eigenvalue weighted by molar-refractivity contribution is -0.138. The molecule has 2 rings (SSSR count). The Bertz CT molecular complexity index is 692. The SMILES string of the molecule is CNC(=O)C(CC(C)C(=O)N1Cc2cc(Cl)c(C)cc2C1C)NC=O. The zero-order chi connectivity index (χ0) is 18.7. The number of amides is 3. The molecule has 25 heavy (non-hydrogen) atoms. The van der Waals surface area contributed by atoms with Crippen molar-refractivity contribution in [1.29, 1.82) is 0 Å². The lowest BCUT2D eigenvalue weighted by Gasteiger charge is -2.27. The number of likely N-dealkylation sites (N-methyl/N-ethyl adjacent to an activating group) is 1. The fraction of sp³-hybridized carbons (Fsp3) is 0.500. The van der Waals surface area contributed by atoms with E-state index >= 15 is 0 Å². The normalized spacial score (nSPS) is 18.3. The summed E-state index contributed by atoms with van der Waals surface area (Å²) in [6.45, 7) is 6.22. The molecule has 0 saturated carbocycles. The van der Waals surface area contributed by atoms with Gasteiger partial charge in [0.2, 0.25) is 18.2 Å². The molecule has 0 fully saturated rings. The Morgan fingerprint density at radius 3 is 2.72 bits per heavy atom. The molecule has 0 spiro atoms. The number of aryl methyl sites for hydroxylation is 1. The molecule has 1 aromatic rings. The first-order valence-electron chi connectivity index (χ1n) is 8.30. The smallest absolute Gasteiger partial charge is 0.242 e. The van der Waals surface area contributed by atoms with Gasteiger partial charge in [0, 0.05) is 24.5 Å². The number of nitrogens with one attached hydrogen (secondary N) is 2. The monoisotopic (exact) mass is 365 g/mol. The van der Waals surface area contributed by atoms with Crippen molar-refractivity contribution in [2.75, 3.05) is 7.05 Å². The standard InChI is InChI=1S/C18H24ClN3O3/c1-10-5-14-12(3)22(8-13(14)7-15(10)19)18(25)11(2)6-16(21-9-23)17(24)20-4/h5,7,9,11-12,16H,6,8H2,1-4H3,(H,20,24)(H,21,23). The summed E-state index contributed by atoms with van der Waals surface area (Å²) in [5.74, 6) is -0.755. The first kappa shape index (κ1) is 19.2. The summed E-state index contributed by atoms with van der Waals surface area (Å²) in [6, 6.07) is 3.18. The predicted octanol–water partition coefficient (Wildman–Crippen LogP) is 1.94. The number of nitrogens with zero attached hydrogens (tertiary/aromatic N) is 1.